The minimum atomic E-state index is -0.105. The zero-order chi connectivity index (χ0) is 18.4. The number of phenols is 1. The second-order valence-corrected chi connectivity index (χ2v) is 8.64. The van der Waals surface area contributed by atoms with Gasteiger partial charge in [0.1, 0.15) is 5.75 Å². The Balaban J connectivity index is 1.96. The van der Waals surface area contributed by atoms with Gasteiger partial charge in [-0.15, -0.1) is 0 Å². The molecule has 3 atom stereocenters. The Bertz CT molecular complexity index is 657. The van der Waals surface area contributed by atoms with Gasteiger partial charge in [0, 0.05) is 24.9 Å². The fourth-order valence-electron chi connectivity index (χ4n) is 4.88. The summed E-state index contributed by atoms with van der Waals surface area (Å²) in [5.74, 6) is 1.11. The van der Waals surface area contributed by atoms with Crippen molar-refractivity contribution >= 4 is 5.91 Å². The van der Waals surface area contributed by atoms with Gasteiger partial charge in [-0.3, -0.25) is 4.79 Å². The van der Waals surface area contributed by atoms with E-state index in [1.807, 2.05) is 18.0 Å². The van der Waals surface area contributed by atoms with Crippen LogP contribution in [-0.2, 0) is 16.6 Å². The topological polar surface area (TPSA) is 43.8 Å². The number of phenolic OH excluding ortho intramolecular Hbond substituents is 1. The molecule has 2 bridgehead atoms. The van der Waals surface area contributed by atoms with Gasteiger partial charge in [-0.25, -0.2) is 0 Å². The van der Waals surface area contributed by atoms with E-state index in [2.05, 4.69) is 38.8 Å². The molecule has 1 amide bonds. The molecule has 1 saturated heterocycles. The standard InChI is InChI=1S/C21H32N2O2/c1-14(2)6-9-19(25)23(5)20-18-12-15-7-8-16(24)13-17(15)21(20,3)10-11-22(18)4/h7-8,13-14,18,20,24H,6,9-12H2,1-5H3. The second-order valence-electron chi connectivity index (χ2n) is 8.64. The van der Waals surface area contributed by atoms with Gasteiger partial charge < -0.3 is 14.9 Å². The van der Waals surface area contributed by atoms with Crippen LogP contribution in [0.1, 0.15) is 51.2 Å². The van der Waals surface area contributed by atoms with Crippen LogP contribution in [0.4, 0.5) is 0 Å². The summed E-state index contributed by atoms with van der Waals surface area (Å²) in [5.41, 5.74) is 2.44. The molecule has 1 aromatic carbocycles. The first-order valence-corrected chi connectivity index (χ1v) is 9.52. The van der Waals surface area contributed by atoms with Gasteiger partial charge in [-0.1, -0.05) is 26.8 Å². The lowest BCUT2D eigenvalue weighted by atomic mass is 9.61. The number of amides is 1. The SMILES string of the molecule is CC(C)CCC(=O)N(C)C1C2Cc3ccc(O)cc3C1(C)CCN2C. The number of rotatable bonds is 4. The first-order chi connectivity index (χ1) is 11.7. The van der Waals surface area contributed by atoms with Gasteiger partial charge in [-0.05, 0) is 62.0 Å². The Morgan fingerprint density at radius 3 is 2.84 bits per heavy atom. The van der Waals surface area contributed by atoms with Crippen LogP contribution in [0, 0.1) is 5.92 Å². The van der Waals surface area contributed by atoms with Crippen molar-refractivity contribution < 1.29 is 9.90 Å². The maximum Gasteiger partial charge on any atom is 0.222 e. The third kappa shape index (κ3) is 3.17. The van der Waals surface area contributed by atoms with E-state index in [1.165, 1.54) is 11.1 Å². The molecule has 3 unspecified atom stereocenters. The van der Waals surface area contributed by atoms with Crippen molar-refractivity contribution in [3.8, 4) is 5.75 Å². The molecule has 0 radical (unpaired) electrons. The molecule has 1 fully saturated rings. The number of fused-ring (bicyclic) bond motifs is 4. The second kappa shape index (κ2) is 6.64. The Kier molecular flexibility index (Phi) is 4.84. The van der Waals surface area contributed by atoms with Crippen molar-refractivity contribution in [2.24, 2.45) is 5.92 Å². The molecule has 1 heterocycles. The lowest BCUT2D eigenvalue weighted by molar-refractivity contribution is -0.137. The van der Waals surface area contributed by atoms with Gasteiger partial charge in [0.05, 0.1) is 6.04 Å². The maximum atomic E-state index is 12.9. The molecule has 1 aliphatic carbocycles. The average molecular weight is 344 g/mol. The monoisotopic (exact) mass is 344 g/mol. The van der Waals surface area contributed by atoms with E-state index >= 15 is 0 Å². The summed E-state index contributed by atoms with van der Waals surface area (Å²) in [5, 5.41) is 10.0. The Morgan fingerprint density at radius 2 is 2.16 bits per heavy atom. The zero-order valence-electron chi connectivity index (χ0n) is 16.2. The average Bonchev–Trinajstić information content (AvgIpc) is 2.56. The molecule has 1 aromatic rings. The maximum absolute atomic E-state index is 12.9. The lowest BCUT2D eigenvalue weighted by Gasteiger charge is -2.57. The predicted molar refractivity (Wildman–Crippen MR) is 101 cm³/mol. The fraction of sp³-hybridized carbons (Fsp3) is 0.667. The highest BCUT2D eigenvalue weighted by Gasteiger charge is 2.52. The smallest absolute Gasteiger partial charge is 0.222 e. The van der Waals surface area contributed by atoms with Crippen LogP contribution in [0.25, 0.3) is 0 Å². The molecular formula is C21H32N2O2. The normalized spacial score (nSPS) is 28.7. The molecule has 1 aliphatic heterocycles. The third-order valence-electron chi connectivity index (χ3n) is 6.45. The number of carbonyl (C=O) groups is 1. The van der Waals surface area contributed by atoms with Crippen molar-refractivity contribution in [1.82, 2.24) is 9.80 Å². The van der Waals surface area contributed by atoms with E-state index in [-0.39, 0.29) is 17.4 Å². The summed E-state index contributed by atoms with van der Waals surface area (Å²) in [4.78, 5) is 17.3. The number of likely N-dealkylation sites (N-methyl/N-ethyl adjacent to an activating group) is 2. The van der Waals surface area contributed by atoms with Crippen LogP contribution in [0.3, 0.4) is 0 Å². The molecule has 2 aliphatic rings. The first kappa shape index (κ1) is 18.2. The molecule has 3 rings (SSSR count). The van der Waals surface area contributed by atoms with Crippen LogP contribution in [0.5, 0.6) is 5.75 Å². The third-order valence-corrected chi connectivity index (χ3v) is 6.45. The largest absolute Gasteiger partial charge is 0.508 e. The van der Waals surface area contributed by atoms with Crippen LogP contribution >= 0.6 is 0 Å². The number of carbonyl (C=O) groups excluding carboxylic acids is 1. The molecule has 138 valence electrons. The molecule has 25 heavy (non-hydrogen) atoms. The molecule has 0 spiro atoms. The van der Waals surface area contributed by atoms with Gasteiger partial charge in [-0.2, -0.15) is 0 Å². The molecule has 4 nitrogen and oxygen atoms in total. The number of aromatic hydroxyl groups is 1. The van der Waals surface area contributed by atoms with Crippen molar-refractivity contribution in [2.45, 2.75) is 64.0 Å². The molecule has 4 heteroatoms. The van der Waals surface area contributed by atoms with Crippen LogP contribution < -0.4 is 0 Å². The summed E-state index contributed by atoms with van der Waals surface area (Å²) in [6.45, 7) is 7.63. The fourth-order valence-corrected chi connectivity index (χ4v) is 4.88. The quantitative estimate of drug-likeness (QED) is 0.912. The van der Waals surface area contributed by atoms with Gasteiger partial charge in [0.25, 0.3) is 0 Å². The highest BCUT2D eigenvalue weighted by Crippen LogP contribution is 2.47. The van der Waals surface area contributed by atoms with Crippen molar-refractivity contribution in [3.63, 3.8) is 0 Å². The highest BCUT2D eigenvalue weighted by atomic mass is 16.3. The van der Waals surface area contributed by atoms with Crippen LogP contribution in [0.15, 0.2) is 18.2 Å². The number of benzene rings is 1. The predicted octanol–water partition coefficient (Wildman–Crippen LogP) is 3.17. The van der Waals surface area contributed by atoms with Crippen molar-refractivity contribution in [2.75, 3.05) is 20.6 Å². The molecule has 0 aromatic heterocycles. The summed E-state index contributed by atoms with van der Waals surface area (Å²) < 4.78 is 0. The number of hydrogen-bond donors (Lipinski definition) is 1. The summed E-state index contributed by atoms with van der Waals surface area (Å²) in [7, 11) is 4.15. The van der Waals surface area contributed by atoms with E-state index in [0.29, 0.717) is 24.1 Å². The summed E-state index contributed by atoms with van der Waals surface area (Å²) in [6, 6.07) is 6.27. The zero-order valence-corrected chi connectivity index (χ0v) is 16.2. The van der Waals surface area contributed by atoms with Crippen molar-refractivity contribution in [1.29, 1.82) is 0 Å². The first-order valence-electron chi connectivity index (χ1n) is 9.52. The number of nitrogens with zero attached hydrogens (tertiary/aromatic N) is 2. The Hall–Kier alpha value is -1.55. The summed E-state index contributed by atoms with van der Waals surface area (Å²) in [6.07, 6.45) is 3.49. The summed E-state index contributed by atoms with van der Waals surface area (Å²) >= 11 is 0. The number of hydrogen-bond acceptors (Lipinski definition) is 3. The molecule has 0 saturated carbocycles. The van der Waals surface area contributed by atoms with E-state index in [0.717, 1.165) is 25.8 Å². The van der Waals surface area contributed by atoms with Crippen LogP contribution in [0.2, 0.25) is 0 Å². The Morgan fingerprint density at radius 1 is 1.44 bits per heavy atom. The van der Waals surface area contributed by atoms with Gasteiger partial charge >= 0.3 is 0 Å². The molecule has 1 N–H and O–H groups in total. The van der Waals surface area contributed by atoms with E-state index in [4.69, 9.17) is 0 Å². The van der Waals surface area contributed by atoms with Crippen molar-refractivity contribution in [3.05, 3.63) is 29.3 Å². The lowest BCUT2D eigenvalue weighted by Crippen LogP contribution is -2.67. The molecular weight excluding hydrogens is 312 g/mol. The van der Waals surface area contributed by atoms with E-state index in [9.17, 15) is 9.90 Å². The highest BCUT2D eigenvalue weighted by molar-refractivity contribution is 5.76. The minimum absolute atomic E-state index is 0.105. The van der Waals surface area contributed by atoms with Gasteiger partial charge in [0.2, 0.25) is 5.91 Å². The Labute approximate surface area is 151 Å². The van der Waals surface area contributed by atoms with E-state index < -0.39 is 0 Å². The number of piperidine rings is 1. The van der Waals surface area contributed by atoms with Gasteiger partial charge in [0.15, 0.2) is 0 Å². The van der Waals surface area contributed by atoms with E-state index in [1.54, 1.807) is 6.07 Å². The van der Waals surface area contributed by atoms with Crippen LogP contribution in [-0.4, -0.2) is 53.5 Å². The minimum Gasteiger partial charge on any atom is -0.508 e. The number of likely N-dealkylation sites (tertiary alicyclic amines) is 1.